The molecule has 3 aromatic rings. The summed E-state index contributed by atoms with van der Waals surface area (Å²) >= 11 is -1.70. The third-order valence-corrected chi connectivity index (χ3v) is 6.93. The van der Waals surface area contributed by atoms with E-state index in [0.29, 0.717) is 6.54 Å². The normalized spacial score (nSPS) is 17.8. The average molecular weight is 475 g/mol. The molecule has 4 nitrogen and oxygen atoms in total. The van der Waals surface area contributed by atoms with Gasteiger partial charge in [-0.2, -0.15) is 13.2 Å². The largest absolute Gasteiger partial charge is 0.593 e. The number of rotatable bonds is 7. The Morgan fingerprint density at radius 2 is 1.82 bits per heavy atom. The summed E-state index contributed by atoms with van der Waals surface area (Å²) in [6, 6.07) is 20.8. The fraction of sp³-hybridized carbons (Fsp3) is 0.280. The van der Waals surface area contributed by atoms with Gasteiger partial charge in [-0.1, -0.05) is 48.5 Å². The molecule has 33 heavy (non-hydrogen) atoms. The topological polar surface area (TPSA) is 47.6 Å². The van der Waals surface area contributed by atoms with Gasteiger partial charge in [-0.3, -0.25) is 4.90 Å². The molecule has 0 bridgehead atoms. The highest BCUT2D eigenvalue weighted by molar-refractivity contribution is 7.89. The first-order valence-corrected chi connectivity index (χ1v) is 11.8. The molecule has 174 valence electrons. The SMILES string of the molecule is COc1ccccc1-c1ccc(CN2CC[C@@H](N[S+]([O-])c3cccc(C(F)(F)F)c3)C2)cc1. The molecule has 2 atom stereocenters. The van der Waals surface area contributed by atoms with Crippen LogP contribution in [0.2, 0.25) is 0 Å². The van der Waals surface area contributed by atoms with E-state index < -0.39 is 23.1 Å². The number of nitrogens with one attached hydrogen (secondary N) is 1. The number of ether oxygens (including phenoxy) is 1. The summed E-state index contributed by atoms with van der Waals surface area (Å²) in [7, 11) is 1.66. The molecular weight excluding hydrogens is 449 g/mol. The van der Waals surface area contributed by atoms with Crippen LogP contribution in [0.15, 0.2) is 77.7 Å². The highest BCUT2D eigenvalue weighted by atomic mass is 32.2. The van der Waals surface area contributed by atoms with Crippen LogP contribution in [0.3, 0.4) is 0 Å². The highest BCUT2D eigenvalue weighted by Gasteiger charge is 2.33. The van der Waals surface area contributed by atoms with Gasteiger partial charge in [0.25, 0.3) is 0 Å². The number of halogens is 3. The zero-order chi connectivity index (χ0) is 23.4. The molecule has 0 aliphatic carbocycles. The number of nitrogens with zero attached hydrogens (tertiary/aromatic N) is 1. The van der Waals surface area contributed by atoms with E-state index in [0.717, 1.165) is 54.1 Å². The summed E-state index contributed by atoms with van der Waals surface area (Å²) in [4.78, 5) is 2.38. The molecule has 0 saturated carbocycles. The number of hydrogen-bond acceptors (Lipinski definition) is 4. The quantitative estimate of drug-likeness (QED) is 0.474. The molecule has 1 unspecified atom stereocenters. The minimum absolute atomic E-state index is 0.0479. The van der Waals surface area contributed by atoms with Crippen LogP contribution in [-0.2, 0) is 24.1 Å². The maximum absolute atomic E-state index is 12.9. The van der Waals surface area contributed by atoms with Crippen molar-refractivity contribution in [3.8, 4) is 16.9 Å². The molecule has 1 N–H and O–H groups in total. The van der Waals surface area contributed by atoms with Crippen molar-refractivity contribution in [1.29, 1.82) is 0 Å². The number of likely N-dealkylation sites (tertiary alicyclic amines) is 1. The monoisotopic (exact) mass is 474 g/mol. The minimum atomic E-state index is -4.45. The smallest absolute Gasteiger partial charge is 0.416 e. The van der Waals surface area contributed by atoms with Gasteiger partial charge in [0.2, 0.25) is 0 Å². The molecular formula is C25H25F3N2O2S. The second-order valence-electron chi connectivity index (χ2n) is 8.03. The van der Waals surface area contributed by atoms with Crippen LogP contribution in [0.4, 0.5) is 13.2 Å². The summed E-state index contributed by atoms with van der Waals surface area (Å²) in [5.74, 6) is 0.826. The molecule has 4 rings (SSSR count). The second kappa shape index (κ2) is 10.2. The van der Waals surface area contributed by atoms with Gasteiger partial charge in [0.1, 0.15) is 5.75 Å². The minimum Gasteiger partial charge on any atom is -0.593 e. The van der Waals surface area contributed by atoms with E-state index in [-0.39, 0.29) is 10.9 Å². The summed E-state index contributed by atoms with van der Waals surface area (Å²) < 4.78 is 59.8. The zero-order valence-corrected chi connectivity index (χ0v) is 19.0. The Bertz CT molecular complexity index is 1080. The molecule has 1 aliphatic heterocycles. The van der Waals surface area contributed by atoms with Crippen LogP contribution < -0.4 is 9.46 Å². The Hall–Kier alpha value is -2.52. The van der Waals surface area contributed by atoms with Crippen molar-refractivity contribution >= 4 is 11.4 Å². The third-order valence-electron chi connectivity index (χ3n) is 5.70. The van der Waals surface area contributed by atoms with Crippen molar-refractivity contribution < 1.29 is 22.5 Å². The van der Waals surface area contributed by atoms with Crippen LogP contribution in [0, 0.1) is 0 Å². The van der Waals surface area contributed by atoms with Crippen molar-refractivity contribution in [3.63, 3.8) is 0 Å². The van der Waals surface area contributed by atoms with Crippen LogP contribution in [0.5, 0.6) is 5.75 Å². The number of para-hydroxylation sites is 1. The number of benzene rings is 3. The van der Waals surface area contributed by atoms with E-state index in [2.05, 4.69) is 33.9 Å². The van der Waals surface area contributed by atoms with Gasteiger partial charge in [-0.15, -0.1) is 4.72 Å². The lowest BCUT2D eigenvalue weighted by atomic mass is 10.0. The average Bonchev–Trinajstić information content (AvgIpc) is 3.25. The Balaban J connectivity index is 1.33. The lowest BCUT2D eigenvalue weighted by Crippen LogP contribution is -2.37. The lowest BCUT2D eigenvalue weighted by Gasteiger charge is -2.18. The zero-order valence-electron chi connectivity index (χ0n) is 18.1. The highest BCUT2D eigenvalue weighted by Crippen LogP contribution is 2.31. The molecule has 8 heteroatoms. The van der Waals surface area contributed by atoms with Crippen molar-refractivity contribution in [3.05, 3.63) is 83.9 Å². The first-order chi connectivity index (χ1) is 15.8. The maximum atomic E-state index is 12.9. The maximum Gasteiger partial charge on any atom is 0.416 e. The molecule has 0 aromatic heterocycles. The van der Waals surface area contributed by atoms with E-state index in [4.69, 9.17) is 4.74 Å². The fourth-order valence-corrected chi connectivity index (χ4v) is 5.08. The third kappa shape index (κ3) is 5.89. The molecule has 0 radical (unpaired) electrons. The van der Waals surface area contributed by atoms with Gasteiger partial charge in [0.15, 0.2) is 4.90 Å². The summed E-state index contributed by atoms with van der Waals surface area (Å²) in [5, 5.41) is 0. The molecule has 0 spiro atoms. The predicted octanol–water partition coefficient (Wildman–Crippen LogP) is 5.27. The number of hydrogen-bond donors (Lipinski definition) is 1. The number of methoxy groups -OCH3 is 1. The summed E-state index contributed by atoms with van der Waals surface area (Å²) in [5.41, 5.74) is 2.48. The first kappa shape index (κ1) is 23.6. The molecule has 0 amide bonds. The molecule has 1 aliphatic rings. The van der Waals surface area contributed by atoms with E-state index in [1.165, 1.54) is 12.1 Å². The van der Waals surface area contributed by atoms with Crippen molar-refractivity contribution in [2.75, 3.05) is 20.2 Å². The Morgan fingerprint density at radius 3 is 2.55 bits per heavy atom. The first-order valence-electron chi connectivity index (χ1n) is 10.6. The van der Waals surface area contributed by atoms with Crippen molar-refractivity contribution in [2.45, 2.75) is 30.1 Å². The van der Waals surface area contributed by atoms with Gasteiger partial charge in [-0.05, 0) is 35.7 Å². The molecule has 3 aromatic carbocycles. The van der Waals surface area contributed by atoms with Crippen LogP contribution in [0.25, 0.3) is 11.1 Å². The fourth-order valence-electron chi connectivity index (χ4n) is 4.01. The molecule has 1 saturated heterocycles. The van der Waals surface area contributed by atoms with Gasteiger partial charge in [0, 0.05) is 31.3 Å². The Labute approximate surface area is 194 Å². The summed E-state index contributed by atoms with van der Waals surface area (Å²) in [6.07, 6.45) is -3.67. The number of alkyl halides is 3. The molecule has 1 fully saturated rings. The van der Waals surface area contributed by atoms with E-state index in [9.17, 15) is 17.7 Å². The van der Waals surface area contributed by atoms with Crippen LogP contribution in [-0.4, -0.2) is 35.7 Å². The Morgan fingerprint density at radius 1 is 1.06 bits per heavy atom. The van der Waals surface area contributed by atoms with Crippen LogP contribution >= 0.6 is 0 Å². The lowest BCUT2D eigenvalue weighted by molar-refractivity contribution is -0.137. The molecule has 1 heterocycles. The van der Waals surface area contributed by atoms with Crippen molar-refractivity contribution in [2.24, 2.45) is 0 Å². The summed E-state index contributed by atoms with van der Waals surface area (Å²) in [6.45, 7) is 2.26. The standard InChI is InChI=1S/C25H25F3N2O2S/c1-32-24-8-3-2-7-23(24)19-11-9-18(10-12-19)16-30-14-13-21(17-30)29-33(31)22-6-4-5-20(15-22)25(26,27)28/h2-12,15,21,29H,13-14,16-17H2,1H3/t21-,33?/m1/s1. The van der Waals surface area contributed by atoms with Gasteiger partial charge in [0.05, 0.1) is 30.1 Å². The van der Waals surface area contributed by atoms with E-state index in [1.54, 1.807) is 7.11 Å². The van der Waals surface area contributed by atoms with Crippen LogP contribution in [0.1, 0.15) is 17.5 Å². The predicted molar refractivity (Wildman–Crippen MR) is 123 cm³/mol. The van der Waals surface area contributed by atoms with E-state index in [1.807, 2.05) is 24.3 Å². The Kier molecular flexibility index (Phi) is 7.29. The van der Waals surface area contributed by atoms with Gasteiger partial charge < -0.3 is 9.29 Å². The van der Waals surface area contributed by atoms with Crippen molar-refractivity contribution in [1.82, 2.24) is 9.62 Å². The van der Waals surface area contributed by atoms with Gasteiger partial charge in [-0.25, -0.2) is 0 Å². The van der Waals surface area contributed by atoms with Gasteiger partial charge >= 0.3 is 6.18 Å². The second-order valence-corrected chi connectivity index (χ2v) is 9.27. The van der Waals surface area contributed by atoms with E-state index >= 15 is 0 Å².